The molecule has 1 fully saturated rings. The second-order valence-corrected chi connectivity index (χ2v) is 7.63. The average Bonchev–Trinajstić information content (AvgIpc) is 2.66. The lowest BCUT2D eigenvalue weighted by atomic mass is 9.90. The van der Waals surface area contributed by atoms with Gasteiger partial charge in [0.25, 0.3) is 0 Å². The fourth-order valence-corrected chi connectivity index (χ4v) is 2.77. The minimum atomic E-state index is -2.05. The fraction of sp³-hybridized carbons (Fsp3) is 0.600. The van der Waals surface area contributed by atoms with Crippen LogP contribution < -0.4 is 10.5 Å². The van der Waals surface area contributed by atoms with Crippen LogP contribution in [-0.2, 0) is 29.3 Å². The maximum Gasteiger partial charge on any atom is 0.343 e. The Morgan fingerprint density at radius 3 is 2.25 bits per heavy atom. The van der Waals surface area contributed by atoms with Gasteiger partial charge in [-0.05, 0) is 38.5 Å². The number of hydrogen-bond donors (Lipinski definition) is 1. The third kappa shape index (κ3) is 5.67. The van der Waals surface area contributed by atoms with E-state index in [-0.39, 0.29) is 5.56 Å². The van der Waals surface area contributed by atoms with Crippen LogP contribution in [0.5, 0.6) is 5.75 Å². The molecule has 2 N–H and O–H groups in total. The van der Waals surface area contributed by atoms with Crippen LogP contribution in [0.4, 0.5) is 0 Å². The number of ether oxygens (including phenoxy) is 4. The lowest BCUT2D eigenvalue weighted by Gasteiger charge is -2.29. The molecule has 0 bridgehead atoms. The molecule has 1 saturated heterocycles. The number of benzene rings is 1. The van der Waals surface area contributed by atoms with E-state index in [0.29, 0.717) is 12.4 Å². The molecule has 0 spiro atoms. The molecular weight excluding hydrogens is 364 g/mol. The molecule has 1 aromatic rings. The number of rotatable bonds is 7. The van der Waals surface area contributed by atoms with Gasteiger partial charge in [-0.1, -0.05) is 12.1 Å². The smallest absolute Gasteiger partial charge is 0.343 e. The quantitative estimate of drug-likeness (QED) is 0.541. The first-order valence-electron chi connectivity index (χ1n) is 9.31. The summed E-state index contributed by atoms with van der Waals surface area (Å²) in [5.41, 5.74) is 3.60. The van der Waals surface area contributed by atoms with Gasteiger partial charge in [0, 0.05) is 19.6 Å². The van der Waals surface area contributed by atoms with Crippen LogP contribution in [-0.4, -0.2) is 69.0 Å². The molecule has 8 heteroatoms. The van der Waals surface area contributed by atoms with Crippen molar-refractivity contribution in [2.45, 2.75) is 31.9 Å². The molecule has 0 aliphatic carbocycles. The van der Waals surface area contributed by atoms with Crippen molar-refractivity contribution in [2.75, 3.05) is 46.6 Å². The van der Waals surface area contributed by atoms with Gasteiger partial charge in [0.1, 0.15) is 18.0 Å². The van der Waals surface area contributed by atoms with Crippen LogP contribution in [0.1, 0.15) is 26.3 Å². The van der Waals surface area contributed by atoms with Crippen molar-refractivity contribution < 1.29 is 28.5 Å². The zero-order valence-electron chi connectivity index (χ0n) is 17.0. The van der Waals surface area contributed by atoms with E-state index >= 15 is 0 Å². The second-order valence-electron chi connectivity index (χ2n) is 7.63. The van der Waals surface area contributed by atoms with Gasteiger partial charge in [0.15, 0.2) is 0 Å². The lowest BCUT2D eigenvalue weighted by Crippen LogP contribution is -2.54. The molecule has 1 heterocycles. The number of nitrogens with zero attached hydrogens (tertiary/aromatic N) is 1. The number of methoxy groups -OCH3 is 1. The molecule has 1 aliphatic heterocycles. The predicted molar refractivity (Wildman–Crippen MR) is 103 cm³/mol. The van der Waals surface area contributed by atoms with Crippen LogP contribution in [0.2, 0.25) is 0 Å². The Bertz CT molecular complexity index is 664. The Morgan fingerprint density at radius 1 is 1.11 bits per heavy atom. The molecule has 0 saturated carbocycles. The van der Waals surface area contributed by atoms with Crippen molar-refractivity contribution in [2.24, 2.45) is 5.73 Å². The maximum absolute atomic E-state index is 12.6. The molecule has 0 aromatic heterocycles. The third-order valence-corrected chi connectivity index (χ3v) is 4.32. The van der Waals surface area contributed by atoms with E-state index in [4.69, 9.17) is 24.7 Å². The Balaban J connectivity index is 2.06. The van der Waals surface area contributed by atoms with Gasteiger partial charge in [-0.3, -0.25) is 4.90 Å². The topological polar surface area (TPSA) is 100 Å². The van der Waals surface area contributed by atoms with Gasteiger partial charge >= 0.3 is 11.9 Å². The summed E-state index contributed by atoms with van der Waals surface area (Å²) in [6.45, 7) is 9.70. The van der Waals surface area contributed by atoms with Crippen LogP contribution in [0.15, 0.2) is 24.3 Å². The predicted octanol–water partition coefficient (Wildman–Crippen LogP) is 1.07. The number of morpholine rings is 1. The molecule has 2 rings (SSSR count). The van der Waals surface area contributed by atoms with Crippen molar-refractivity contribution in [3.05, 3.63) is 29.8 Å². The van der Waals surface area contributed by atoms with Gasteiger partial charge < -0.3 is 24.7 Å². The Morgan fingerprint density at radius 2 is 1.71 bits per heavy atom. The SMILES string of the molecule is COC(=O)[C@@](N)(C(=O)OC(C)(C)C)c1ccc(OCCN2CCOCC2)cc1. The standard InChI is InChI=1S/C20H30N2O6/c1-19(2,3)28-18(24)20(21,17(23)25-4)15-5-7-16(8-6-15)27-14-11-22-9-12-26-13-10-22/h5-8H,9-14,21H2,1-4H3/t20-/m1/s1. The number of hydrogen-bond acceptors (Lipinski definition) is 8. The summed E-state index contributed by atoms with van der Waals surface area (Å²) in [4.78, 5) is 27.2. The first kappa shape index (κ1) is 22.1. The van der Waals surface area contributed by atoms with Gasteiger partial charge in [0.05, 0.1) is 20.3 Å². The Labute approximate surface area is 165 Å². The van der Waals surface area contributed by atoms with E-state index in [1.165, 1.54) is 7.11 Å². The number of carbonyl (C=O) groups excluding carboxylic acids is 2. The minimum Gasteiger partial charge on any atom is -0.492 e. The molecule has 1 aromatic carbocycles. The van der Waals surface area contributed by atoms with Crippen LogP contribution in [0.3, 0.4) is 0 Å². The van der Waals surface area contributed by atoms with Crippen molar-refractivity contribution in [3.8, 4) is 5.75 Å². The van der Waals surface area contributed by atoms with Crippen LogP contribution in [0, 0.1) is 0 Å². The zero-order valence-corrected chi connectivity index (χ0v) is 17.0. The summed E-state index contributed by atoms with van der Waals surface area (Å²) < 4.78 is 21.2. The first-order chi connectivity index (χ1) is 13.2. The lowest BCUT2D eigenvalue weighted by molar-refractivity contribution is -0.171. The zero-order chi connectivity index (χ0) is 20.8. The molecule has 0 unspecified atom stereocenters. The summed E-state index contributed by atoms with van der Waals surface area (Å²) in [6.07, 6.45) is 0. The second kappa shape index (κ2) is 9.36. The highest BCUT2D eigenvalue weighted by Crippen LogP contribution is 2.26. The van der Waals surface area contributed by atoms with Crippen molar-refractivity contribution >= 4 is 11.9 Å². The third-order valence-electron chi connectivity index (χ3n) is 4.32. The van der Waals surface area contributed by atoms with Crippen LogP contribution in [0.25, 0.3) is 0 Å². The molecular formula is C20H30N2O6. The van der Waals surface area contributed by atoms with Crippen LogP contribution >= 0.6 is 0 Å². The number of esters is 2. The van der Waals surface area contributed by atoms with Gasteiger partial charge in [-0.25, -0.2) is 9.59 Å². The molecule has 156 valence electrons. The molecule has 1 aliphatic rings. The Hall–Kier alpha value is -2.16. The molecule has 0 amide bonds. The van der Waals surface area contributed by atoms with E-state index in [0.717, 1.165) is 32.8 Å². The molecule has 1 atom stereocenters. The molecule has 28 heavy (non-hydrogen) atoms. The van der Waals surface area contributed by atoms with E-state index in [1.54, 1.807) is 45.0 Å². The number of carbonyl (C=O) groups is 2. The fourth-order valence-electron chi connectivity index (χ4n) is 2.77. The van der Waals surface area contributed by atoms with Gasteiger partial charge in [0.2, 0.25) is 5.54 Å². The normalized spacial score (nSPS) is 17.5. The van der Waals surface area contributed by atoms with Gasteiger partial charge in [-0.2, -0.15) is 0 Å². The van der Waals surface area contributed by atoms with Crippen molar-refractivity contribution in [3.63, 3.8) is 0 Å². The summed E-state index contributed by atoms with van der Waals surface area (Å²) in [5.74, 6) is -1.14. The first-order valence-corrected chi connectivity index (χ1v) is 9.31. The van der Waals surface area contributed by atoms with E-state index in [9.17, 15) is 9.59 Å². The minimum absolute atomic E-state index is 0.272. The highest BCUT2D eigenvalue weighted by Gasteiger charge is 2.48. The Kier molecular flexibility index (Phi) is 7.40. The van der Waals surface area contributed by atoms with E-state index in [1.807, 2.05) is 0 Å². The summed E-state index contributed by atoms with van der Waals surface area (Å²) in [6, 6.07) is 6.49. The molecule has 0 radical (unpaired) electrons. The maximum atomic E-state index is 12.6. The highest BCUT2D eigenvalue weighted by atomic mass is 16.6. The summed E-state index contributed by atoms with van der Waals surface area (Å²) in [5, 5.41) is 0. The van der Waals surface area contributed by atoms with E-state index < -0.39 is 23.1 Å². The monoisotopic (exact) mass is 394 g/mol. The van der Waals surface area contributed by atoms with Gasteiger partial charge in [-0.15, -0.1) is 0 Å². The summed E-state index contributed by atoms with van der Waals surface area (Å²) in [7, 11) is 1.18. The molecule has 8 nitrogen and oxygen atoms in total. The highest BCUT2D eigenvalue weighted by molar-refractivity contribution is 6.05. The van der Waals surface area contributed by atoms with E-state index in [2.05, 4.69) is 4.90 Å². The van der Waals surface area contributed by atoms with Crippen molar-refractivity contribution in [1.29, 1.82) is 0 Å². The van der Waals surface area contributed by atoms with Crippen molar-refractivity contribution in [1.82, 2.24) is 4.90 Å². The largest absolute Gasteiger partial charge is 0.492 e. The summed E-state index contributed by atoms with van der Waals surface area (Å²) >= 11 is 0. The number of nitrogens with two attached hydrogens (primary N) is 1. The average molecular weight is 394 g/mol.